The quantitative estimate of drug-likeness (QED) is 0.621. The molecule has 2 fully saturated rings. The molecule has 2 unspecified atom stereocenters. The van der Waals surface area contributed by atoms with Gasteiger partial charge < -0.3 is 5.11 Å². The van der Waals surface area contributed by atoms with E-state index in [9.17, 15) is 14.7 Å². The number of hydrogen-bond donors (Lipinski definition) is 1. The van der Waals surface area contributed by atoms with E-state index in [0.29, 0.717) is 12.1 Å². The van der Waals surface area contributed by atoms with Gasteiger partial charge in [0.15, 0.2) is 0 Å². The number of fused-ring (bicyclic) bond motifs is 1. The van der Waals surface area contributed by atoms with Crippen molar-refractivity contribution in [3.8, 4) is 0 Å². The van der Waals surface area contributed by atoms with Crippen LogP contribution >= 0.6 is 0 Å². The number of carbonyl (C=O) groups is 2. The van der Waals surface area contributed by atoms with Crippen molar-refractivity contribution in [3.05, 3.63) is 42.5 Å². The van der Waals surface area contributed by atoms with Crippen LogP contribution in [0.1, 0.15) is 12.8 Å². The van der Waals surface area contributed by atoms with Crippen LogP contribution in [0.5, 0.6) is 0 Å². The number of imide groups is 1. The fraction of sp³-hybridized carbons (Fsp3) is 0.375. The van der Waals surface area contributed by atoms with E-state index in [1.54, 1.807) is 30.3 Å². The molecule has 2 amide bonds. The first-order chi connectivity index (χ1) is 9.62. The van der Waals surface area contributed by atoms with Crippen LogP contribution in [-0.2, 0) is 9.59 Å². The molecule has 2 bridgehead atoms. The molecule has 1 aromatic rings. The topological polar surface area (TPSA) is 57.6 Å². The van der Waals surface area contributed by atoms with Crippen molar-refractivity contribution in [2.45, 2.75) is 18.4 Å². The van der Waals surface area contributed by atoms with Gasteiger partial charge in [-0.3, -0.25) is 9.59 Å². The summed E-state index contributed by atoms with van der Waals surface area (Å²) in [5.41, 5.74) is -0.546. The Labute approximate surface area is 116 Å². The van der Waals surface area contributed by atoms with E-state index >= 15 is 0 Å². The van der Waals surface area contributed by atoms with E-state index < -0.39 is 17.4 Å². The second-order valence-corrected chi connectivity index (χ2v) is 5.90. The first-order valence-electron chi connectivity index (χ1n) is 6.96. The zero-order chi connectivity index (χ0) is 13.9. The number of nitrogens with zero attached hydrogens (tertiary/aromatic N) is 1. The number of amides is 2. The zero-order valence-corrected chi connectivity index (χ0v) is 10.9. The Morgan fingerprint density at radius 1 is 1.15 bits per heavy atom. The lowest BCUT2D eigenvalue weighted by molar-refractivity contribution is -0.136. The van der Waals surface area contributed by atoms with Gasteiger partial charge in [-0.1, -0.05) is 30.4 Å². The number of rotatable bonds is 1. The molecule has 102 valence electrons. The van der Waals surface area contributed by atoms with Crippen LogP contribution in [0, 0.1) is 17.8 Å². The van der Waals surface area contributed by atoms with Gasteiger partial charge in [0, 0.05) is 0 Å². The predicted molar refractivity (Wildman–Crippen MR) is 72.7 cm³/mol. The lowest BCUT2D eigenvalue weighted by Crippen LogP contribution is -2.51. The van der Waals surface area contributed by atoms with Crippen LogP contribution in [0.4, 0.5) is 5.69 Å². The molecule has 0 radical (unpaired) electrons. The first kappa shape index (κ1) is 11.9. The number of hydrogen-bond acceptors (Lipinski definition) is 3. The van der Waals surface area contributed by atoms with Crippen molar-refractivity contribution in [2.24, 2.45) is 17.8 Å². The third kappa shape index (κ3) is 1.34. The maximum absolute atomic E-state index is 12.7. The van der Waals surface area contributed by atoms with Gasteiger partial charge in [0.05, 0.1) is 23.1 Å². The SMILES string of the molecule is O=C1C2C(C(=O)N1c1ccccc1)[C@@]1(O)C=C[C@@H]2CC1. The molecule has 1 aromatic carbocycles. The maximum atomic E-state index is 12.7. The van der Waals surface area contributed by atoms with Crippen LogP contribution in [0.15, 0.2) is 42.5 Å². The van der Waals surface area contributed by atoms with Crippen LogP contribution in [0.25, 0.3) is 0 Å². The molecule has 4 atom stereocenters. The Balaban J connectivity index is 1.81. The number of para-hydroxylation sites is 1. The summed E-state index contributed by atoms with van der Waals surface area (Å²) >= 11 is 0. The van der Waals surface area contributed by atoms with Crippen molar-refractivity contribution in [3.63, 3.8) is 0 Å². The minimum Gasteiger partial charge on any atom is -0.385 e. The highest BCUT2D eigenvalue weighted by molar-refractivity contribution is 6.22. The normalized spacial score (nSPS) is 38.5. The Bertz CT molecular complexity index is 624. The van der Waals surface area contributed by atoms with Crippen LogP contribution in [0.2, 0.25) is 0 Å². The second-order valence-electron chi connectivity index (χ2n) is 5.90. The fourth-order valence-electron chi connectivity index (χ4n) is 3.91. The van der Waals surface area contributed by atoms with Crippen LogP contribution < -0.4 is 4.90 Å². The van der Waals surface area contributed by atoms with E-state index in [1.165, 1.54) is 4.90 Å². The van der Waals surface area contributed by atoms with E-state index in [0.717, 1.165) is 6.42 Å². The smallest absolute Gasteiger partial charge is 0.240 e. The van der Waals surface area contributed by atoms with Crippen molar-refractivity contribution in [1.82, 2.24) is 0 Å². The Morgan fingerprint density at radius 2 is 1.90 bits per heavy atom. The van der Waals surface area contributed by atoms with Crippen LogP contribution in [0.3, 0.4) is 0 Å². The average Bonchev–Trinajstić information content (AvgIpc) is 2.75. The molecule has 3 aliphatic carbocycles. The number of allylic oxidation sites excluding steroid dienone is 1. The zero-order valence-electron chi connectivity index (χ0n) is 10.9. The lowest BCUT2D eigenvalue weighted by Gasteiger charge is -2.44. The molecule has 4 aliphatic rings. The van der Waals surface area contributed by atoms with E-state index in [4.69, 9.17) is 0 Å². The summed E-state index contributed by atoms with van der Waals surface area (Å²) in [4.78, 5) is 26.6. The standard InChI is InChI=1S/C16H15NO3/c18-14-12-10-6-8-16(20,9-7-10)13(12)15(19)17(14)11-4-2-1-3-5-11/h1-6,8,10,12-13,20H,7,9H2/t10-,12?,13?,16-/m1/s1. The monoisotopic (exact) mass is 269 g/mol. The van der Waals surface area contributed by atoms with Crippen molar-refractivity contribution < 1.29 is 14.7 Å². The van der Waals surface area contributed by atoms with Gasteiger partial charge in [0.25, 0.3) is 0 Å². The van der Waals surface area contributed by atoms with Gasteiger partial charge in [0.2, 0.25) is 11.8 Å². The molecular formula is C16H15NO3. The van der Waals surface area contributed by atoms with E-state index in [1.807, 2.05) is 12.1 Å². The van der Waals surface area contributed by atoms with Crippen LogP contribution in [-0.4, -0.2) is 22.5 Å². The van der Waals surface area contributed by atoms with Gasteiger partial charge >= 0.3 is 0 Å². The van der Waals surface area contributed by atoms with Gasteiger partial charge in [-0.05, 0) is 30.9 Å². The molecule has 1 heterocycles. The molecule has 1 saturated heterocycles. The molecule has 1 saturated carbocycles. The highest BCUT2D eigenvalue weighted by Crippen LogP contribution is 2.52. The molecule has 4 heteroatoms. The lowest BCUT2D eigenvalue weighted by atomic mass is 9.61. The number of anilines is 1. The molecule has 20 heavy (non-hydrogen) atoms. The summed E-state index contributed by atoms with van der Waals surface area (Å²) in [5.74, 6) is -1.36. The molecule has 1 aliphatic heterocycles. The third-order valence-electron chi connectivity index (χ3n) is 4.88. The van der Waals surface area contributed by atoms with E-state index in [2.05, 4.69) is 0 Å². The maximum Gasteiger partial charge on any atom is 0.240 e. The minimum atomic E-state index is -1.14. The molecule has 4 nitrogen and oxygen atoms in total. The fourth-order valence-corrected chi connectivity index (χ4v) is 3.91. The highest BCUT2D eigenvalue weighted by Gasteiger charge is 2.62. The summed E-state index contributed by atoms with van der Waals surface area (Å²) in [5, 5.41) is 10.7. The molecule has 0 spiro atoms. The minimum absolute atomic E-state index is 0.0826. The van der Waals surface area contributed by atoms with Gasteiger partial charge in [0.1, 0.15) is 0 Å². The molecule has 5 rings (SSSR count). The Morgan fingerprint density at radius 3 is 2.50 bits per heavy atom. The number of benzene rings is 1. The number of aliphatic hydroxyl groups is 1. The summed E-state index contributed by atoms with van der Waals surface area (Å²) in [6, 6.07) is 8.97. The van der Waals surface area contributed by atoms with Gasteiger partial charge in [-0.25, -0.2) is 4.90 Å². The molecule has 0 aromatic heterocycles. The molecular weight excluding hydrogens is 254 g/mol. The van der Waals surface area contributed by atoms with Gasteiger partial charge in [-0.2, -0.15) is 0 Å². The summed E-state index contributed by atoms with van der Waals surface area (Å²) < 4.78 is 0. The van der Waals surface area contributed by atoms with Crippen molar-refractivity contribution in [1.29, 1.82) is 0 Å². The number of carbonyl (C=O) groups excluding carboxylic acids is 2. The highest BCUT2D eigenvalue weighted by atomic mass is 16.3. The second kappa shape index (κ2) is 3.79. The van der Waals surface area contributed by atoms with E-state index in [-0.39, 0.29) is 17.7 Å². The third-order valence-corrected chi connectivity index (χ3v) is 4.88. The van der Waals surface area contributed by atoms with Gasteiger partial charge in [-0.15, -0.1) is 0 Å². The summed E-state index contributed by atoms with van der Waals surface area (Å²) in [7, 11) is 0. The summed E-state index contributed by atoms with van der Waals surface area (Å²) in [6.07, 6.45) is 4.97. The van der Waals surface area contributed by atoms with Crippen molar-refractivity contribution in [2.75, 3.05) is 4.90 Å². The average molecular weight is 269 g/mol. The first-order valence-corrected chi connectivity index (χ1v) is 6.96. The predicted octanol–water partition coefficient (Wildman–Crippen LogP) is 1.50. The molecule has 1 N–H and O–H groups in total. The summed E-state index contributed by atoms with van der Waals surface area (Å²) in [6.45, 7) is 0. The van der Waals surface area contributed by atoms with Crippen molar-refractivity contribution >= 4 is 17.5 Å². The largest absolute Gasteiger partial charge is 0.385 e. The Kier molecular flexibility index (Phi) is 2.25. The Hall–Kier alpha value is -1.94.